The molecule has 0 aromatic heterocycles. The molecule has 2 fully saturated rings. The van der Waals surface area contributed by atoms with E-state index in [-0.39, 0.29) is 29.3 Å². The van der Waals surface area contributed by atoms with Gasteiger partial charge in [0.2, 0.25) is 0 Å². The van der Waals surface area contributed by atoms with Crippen molar-refractivity contribution in [1.82, 2.24) is 0 Å². The van der Waals surface area contributed by atoms with Crippen LogP contribution in [0.2, 0.25) is 0 Å². The number of hydrogen-bond acceptors (Lipinski definition) is 3. The van der Waals surface area contributed by atoms with E-state index in [2.05, 4.69) is 26.8 Å². The highest BCUT2D eigenvalue weighted by atomic mass is 16.5. The Morgan fingerprint density at radius 2 is 2.17 bits per heavy atom. The number of carbonyl (C=O) groups excluding carboxylic acids is 1. The van der Waals surface area contributed by atoms with Gasteiger partial charge in [-0.15, -0.1) is 0 Å². The summed E-state index contributed by atoms with van der Waals surface area (Å²) in [6, 6.07) is 0. The van der Waals surface area contributed by atoms with Gasteiger partial charge >= 0.3 is 0 Å². The molecule has 4 atom stereocenters. The van der Waals surface area contributed by atoms with Gasteiger partial charge in [-0.1, -0.05) is 25.5 Å². The number of aliphatic hydroxyl groups is 1. The minimum atomic E-state index is -0.648. The third-order valence-corrected chi connectivity index (χ3v) is 6.01. The van der Waals surface area contributed by atoms with Gasteiger partial charge in [-0.05, 0) is 19.8 Å². The zero-order valence-corrected chi connectivity index (χ0v) is 11.5. The molecule has 3 aliphatic rings. The highest BCUT2D eigenvalue weighted by molar-refractivity contribution is 5.84. The van der Waals surface area contributed by atoms with Gasteiger partial charge < -0.3 is 9.84 Å². The van der Waals surface area contributed by atoms with Gasteiger partial charge in [0.25, 0.3) is 0 Å². The van der Waals surface area contributed by atoms with Crippen molar-refractivity contribution in [2.24, 2.45) is 10.8 Å². The van der Waals surface area contributed by atoms with Crippen LogP contribution in [0.1, 0.15) is 46.5 Å². The molecule has 3 nitrogen and oxygen atoms in total. The molecule has 1 heterocycles. The lowest BCUT2D eigenvalue weighted by Gasteiger charge is -2.45. The number of carbonyl (C=O) groups is 1. The van der Waals surface area contributed by atoms with Crippen LogP contribution < -0.4 is 0 Å². The fourth-order valence-corrected chi connectivity index (χ4v) is 4.41. The number of fused-ring (bicyclic) bond motifs is 3. The van der Waals surface area contributed by atoms with Crippen molar-refractivity contribution in [3.05, 3.63) is 11.6 Å². The van der Waals surface area contributed by atoms with Crippen molar-refractivity contribution in [3.63, 3.8) is 0 Å². The van der Waals surface area contributed by atoms with E-state index in [9.17, 15) is 9.90 Å². The maximum atomic E-state index is 11.9. The topological polar surface area (TPSA) is 46.5 Å². The molecule has 1 aliphatic heterocycles. The van der Waals surface area contributed by atoms with E-state index < -0.39 is 5.60 Å². The quantitative estimate of drug-likeness (QED) is 0.726. The van der Waals surface area contributed by atoms with Crippen LogP contribution in [-0.2, 0) is 9.53 Å². The van der Waals surface area contributed by atoms with E-state index in [1.165, 1.54) is 5.57 Å². The summed E-state index contributed by atoms with van der Waals surface area (Å²) in [5.41, 5.74) is 0.458. The minimum absolute atomic E-state index is 0.0264. The van der Waals surface area contributed by atoms with Gasteiger partial charge in [0.15, 0.2) is 0 Å². The first-order valence-corrected chi connectivity index (χ1v) is 6.85. The predicted octanol–water partition coefficient (Wildman–Crippen LogP) is 2.23. The van der Waals surface area contributed by atoms with Crippen LogP contribution in [0.3, 0.4) is 0 Å². The second-order valence-electron chi connectivity index (χ2n) is 6.85. The van der Waals surface area contributed by atoms with Crippen molar-refractivity contribution in [3.8, 4) is 0 Å². The summed E-state index contributed by atoms with van der Waals surface area (Å²) >= 11 is 0. The number of rotatable bonds is 1. The van der Waals surface area contributed by atoms with Crippen LogP contribution in [0.4, 0.5) is 0 Å². The second-order valence-corrected chi connectivity index (χ2v) is 6.85. The standard InChI is InChI=1S/C15H22O3/c1-10-4-5-13(2)12(6-10)18-15(9-16)8-11(17)7-14(13,15)3/h6,12,16H,4-5,7-9H2,1-3H3. The van der Waals surface area contributed by atoms with Crippen molar-refractivity contribution in [1.29, 1.82) is 0 Å². The normalized spacial score (nSPS) is 51.0. The van der Waals surface area contributed by atoms with Crippen molar-refractivity contribution >= 4 is 5.78 Å². The Balaban J connectivity index is 2.11. The molecule has 0 spiro atoms. The first-order chi connectivity index (χ1) is 8.37. The monoisotopic (exact) mass is 250 g/mol. The molecule has 3 heteroatoms. The van der Waals surface area contributed by atoms with E-state index in [0.717, 1.165) is 12.8 Å². The van der Waals surface area contributed by atoms with Gasteiger partial charge in [-0.25, -0.2) is 0 Å². The number of Topliss-reactive ketones (excluding diaryl/α,β-unsaturated/α-hetero) is 1. The Hall–Kier alpha value is -0.670. The van der Waals surface area contributed by atoms with Gasteiger partial charge in [0.1, 0.15) is 11.4 Å². The Labute approximate surface area is 108 Å². The van der Waals surface area contributed by atoms with Crippen molar-refractivity contribution in [2.45, 2.75) is 58.2 Å². The molecule has 18 heavy (non-hydrogen) atoms. The highest BCUT2D eigenvalue weighted by Crippen LogP contribution is 2.67. The first-order valence-electron chi connectivity index (χ1n) is 6.85. The number of ketones is 1. The summed E-state index contributed by atoms with van der Waals surface area (Å²) in [5, 5.41) is 9.84. The molecule has 0 aromatic rings. The summed E-state index contributed by atoms with van der Waals surface area (Å²) < 4.78 is 6.23. The average molecular weight is 250 g/mol. The summed E-state index contributed by atoms with van der Waals surface area (Å²) in [5.74, 6) is 0.234. The Morgan fingerprint density at radius 1 is 1.44 bits per heavy atom. The van der Waals surface area contributed by atoms with Crippen LogP contribution >= 0.6 is 0 Å². The Morgan fingerprint density at radius 3 is 2.83 bits per heavy atom. The van der Waals surface area contributed by atoms with Gasteiger partial charge in [0, 0.05) is 23.7 Å². The molecule has 4 unspecified atom stereocenters. The lowest BCUT2D eigenvalue weighted by molar-refractivity contribution is -0.123. The maximum absolute atomic E-state index is 11.9. The largest absolute Gasteiger partial charge is 0.393 e. The Kier molecular flexibility index (Phi) is 2.37. The first kappa shape index (κ1) is 12.4. The zero-order chi connectivity index (χ0) is 13.2. The molecule has 0 aromatic carbocycles. The third-order valence-electron chi connectivity index (χ3n) is 6.01. The molecule has 3 rings (SSSR count). The average Bonchev–Trinajstić information content (AvgIpc) is 2.65. The van der Waals surface area contributed by atoms with E-state index in [1.54, 1.807) is 0 Å². The van der Waals surface area contributed by atoms with Crippen molar-refractivity contribution in [2.75, 3.05) is 6.61 Å². The molecular weight excluding hydrogens is 228 g/mol. The van der Waals surface area contributed by atoms with Crippen LogP contribution in [0.25, 0.3) is 0 Å². The molecular formula is C15H22O3. The van der Waals surface area contributed by atoms with Crippen molar-refractivity contribution < 1.29 is 14.6 Å². The fraction of sp³-hybridized carbons (Fsp3) is 0.800. The summed E-state index contributed by atoms with van der Waals surface area (Å²) in [6.07, 6.45) is 5.30. The molecule has 0 amide bonds. The second kappa shape index (κ2) is 3.45. The van der Waals surface area contributed by atoms with Crippen LogP contribution in [0.15, 0.2) is 11.6 Å². The minimum Gasteiger partial charge on any atom is -0.393 e. The molecule has 1 saturated carbocycles. The lowest BCUT2D eigenvalue weighted by atomic mass is 9.55. The molecule has 2 aliphatic carbocycles. The number of hydrogen-bond donors (Lipinski definition) is 1. The predicted molar refractivity (Wildman–Crippen MR) is 68.1 cm³/mol. The SMILES string of the molecule is CC1=CC2OC3(CO)CC(=O)CC3(C)C2(C)CC1. The number of aliphatic hydroxyl groups excluding tert-OH is 1. The van der Waals surface area contributed by atoms with Gasteiger partial charge in [-0.2, -0.15) is 0 Å². The maximum Gasteiger partial charge on any atom is 0.136 e. The van der Waals surface area contributed by atoms with Gasteiger partial charge in [-0.3, -0.25) is 4.79 Å². The van der Waals surface area contributed by atoms with Crippen LogP contribution in [0.5, 0.6) is 0 Å². The molecule has 1 saturated heterocycles. The van der Waals surface area contributed by atoms with Crippen LogP contribution in [-0.4, -0.2) is 29.2 Å². The zero-order valence-electron chi connectivity index (χ0n) is 11.5. The highest BCUT2D eigenvalue weighted by Gasteiger charge is 2.71. The smallest absolute Gasteiger partial charge is 0.136 e. The van der Waals surface area contributed by atoms with E-state index in [0.29, 0.717) is 12.8 Å². The number of ether oxygens (including phenoxy) is 1. The summed E-state index contributed by atoms with van der Waals surface area (Å²) in [6.45, 7) is 6.46. The fourth-order valence-electron chi connectivity index (χ4n) is 4.41. The van der Waals surface area contributed by atoms with Crippen LogP contribution in [0, 0.1) is 10.8 Å². The lowest BCUT2D eigenvalue weighted by Crippen LogP contribution is -2.49. The van der Waals surface area contributed by atoms with E-state index in [1.807, 2.05) is 0 Å². The molecule has 1 N–H and O–H groups in total. The summed E-state index contributed by atoms with van der Waals surface area (Å²) in [4.78, 5) is 11.9. The molecule has 0 radical (unpaired) electrons. The van der Waals surface area contributed by atoms with E-state index in [4.69, 9.17) is 4.74 Å². The summed E-state index contributed by atoms with van der Waals surface area (Å²) in [7, 11) is 0. The Bertz CT molecular complexity index is 441. The number of allylic oxidation sites excluding steroid dienone is 1. The molecule has 100 valence electrons. The van der Waals surface area contributed by atoms with Gasteiger partial charge in [0.05, 0.1) is 12.7 Å². The van der Waals surface area contributed by atoms with E-state index >= 15 is 0 Å². The molecule has 0 bridgehead atoms. The third kappa shape index (κ3) is 1.19.